The second-order valence-corrected chi connectivity index (χ2v) is 10.7. The van der Waals surface area contributed by atoms with Crippen LogP contribution in [0.1, 0.15) is 53.6 Å². The van der Waals surface area contributed by atoms with Crippen molar-refractivity contribution in [2.75, 3.05) is 53.4 Å². The Labute approximate surface area is 212 Å². The molecule has 35 heavy (non-hydrogen) atoms. The van der Waals surface area contributed by atoms with Crippen molar-refractivity contribution in [3.05, 3.63) is 65.2 Å². The van der Waals surface area contributed by atoms with Crippen molar-refractivity contribution >= 4 is 6.29 Å². The zero-order chi connectivity index (χ0) is 24.5. The summed E-state index contributed by atoms with van der Waals surface area (Å²) in [6.07, 6.45) is 7.29. The van der Waals surface area contributed by atoms with Gasteiger partial charge in [0.1, 0.15) is 12.0 Å². The third-order valence-corrected chi connectivity index (χ3v) is 7.77. The van der Waals surface area contributed by atoms with Crippen LogP contribution in [0.5, 0.6) is 5.75 Å². The predicted octanol–water partition coefficient (Wildman–Crippen LogP) is 4.95. The summed E-state index contributed by atoms with van der Waals surface area (Å²) >= 11 is 0. The molecule has 0 unspecified atom stereocenters. The highest BCUT2D eigenvalue weighted by Gasteiger charge is 2.29. The zero-order valence-electron chi connectivity index (χ0n) is 21.7. The first kappa shape index (κ1) is 25.9. The number of ether oxygens (including phenoxy) is 1. The Kier molecular flexibility index (Phi) is 9.75. The number of rotatable bonds is 11. The molecule has 2 saturated heterocycles. The van der Waals surface area contributed by atoms with Crippen molar-refractivity contribution in [2.24, 2.45) is 11.8 Å². The van der Waals surface area contributed by atoms with Gasteiger partial charge in [-0.25, -0.2) is 0 Å². The van der Waals surface area contributed by atoms with Gasteiger partial charge in [-0.3, -0.25) is 14.6 Å². The van der Waals surface area contributed by atoms with E-state index < -0.39 is 0 Å². The second kappa shape index (κ2) is 13.2. The fraction of sp³-hybridized carbons (Fsp3) is 0.567. The summed E-state index contributed by atoms with van der Waals surface area (Å²) in [5, 5.41) is 0. The Hall–Kier alpha value is -2.21. The maximum atomic E-state index is 11.0. The van der Waals surface area contributed by atoms with Crippen molar-refractivity contribution in [1.29, 1.82) is 0 Å². The molecule has 0 spiro atoms. The maximum Gasteiger partial charge on any atom is 0.150 e. The highest BCUT2D eigenvalue weighted by atomic mass is 16.5. The van der Waals surface area contributed by atoms with Crippen LogP contribution in [0.2, 0.25) is 0 Å². The smallest absolute Gasteiger partial charge is 0.150 e. The summed E-state index contributed by atoms with van der Waals surface area (Å²) in [5.41, 5.74) is 3.42. The molecule has 5 heteroatoms. The number of carbonyl (C=O) groups is 1. The molecule has 2 aromatic carbocycles. The van der Waals surface area contributed by atoms with Crippen LogP contribution in [0.25, 0.3) is 0 Å². The lowest BCUT2D eigenvalue weighted by Crippen LogP contribution is -2.40. The van der Waals surface area contributed by atoms with Crippen LogP contribution in [0, 0.1) is 11.8 Å². The highest BCUT2D eigenvalue weighted by Crippen LogP contribution is 2.33. The van der Waals surface area contributed by atoms with Crippen molar-refractivity contribution in [1.82, 2.24) is 14.7 Å². The van der Waals surface area contributed by atoms with Gasteiger partial charge in [0.25, 0.3) is 0 Å². The van der Waals surface area contributed by atoms with Crippen molar-refractivity contribution in [3.63, 3.8) is 0 Å². The molecule has 2 heterocycles. The van der Waals surface area contributed by atoms with Gasteiger partial charge in [0.2, 0.25) is 0 Å². The molecule has 190 valence electrons. The van der Waals surface area contributed by atoms with Crippen LogP contribution in [0.3, 0.4) is 0 Å². The SMILES string of the molecule is CN(C)CCCOc1ccc(CN2CCC(C3CCN(Cc4cccc(C=O)c4)CC3)CC2)cc1. The Morgan fingerprint density at radius 2 is 1.46 bits per heavy atom. The lowest BCUT2D eigenvalue weighted by molar-refractivity contribution is 0.0909. The Balaban J connectivity index is 1.14. The largest absolute Gasteiger partial charge is 0.494 e. The van der Waals surface area contributed by atoms with Gasteiger partial charge in [-0.2, -0.15) is 0 Å². The molecule has 4 rings (SSSR count). The summed E-state index contributed by atoms with van der Waals surface area (Å²) < 4.78 is 5.88. The minimum atomic E-state index is 0.775. The van der Waals surface area contributed by atoms with E-state index >= 15 is 0 Å². The van der Waals surface area contributed by atoms with E-state index in [1.807, 2.05) is 18.2 Å². The molecular weight excluding hydrogens is 434 g/mol. The topological polar surface area (TPSA) is 36.0 Å². The molecule has 0 saturated carbocycles. The number of likely N-dealkylation sites (tertiary alicyclic amines) is 2. The molecule has 0 radical (unpaired) electrons. The first-order chi connectivity index (χ1) is 17.1. The molecule has 5 nitrogen and oxygen atoms in total. The molecule has 0 aliphatic carbocycles. The summed E-state index contributed by atoms with van der Waals surface area (Å²) in [4.78, 5) is 18.4. The van der Waals surface area contributed by atoms with Gasteiger partial charge in [-0.15, -0.1) is 0 Å². The lowest BCUT2D eigenvalue weighted by atomic mass is 9.78. The van der Waals surface area contributed by atoms with Crippen LogP contribution in [0.15, 0.2) is 48.5 Å². The average molecular weight is 478 g/mol. The fourth-order valence-electron chi connectivity index (χ4n) is 5.71. The number of aldehydes is 1. The van der Waals surface area contributed by atoms with E-state index in [0.29, 0.717) is 0 Å². The van der Waals surface area contributed by atoms with E-state index in [9.17, 15) is 4.79 Å². The Morgan fingerprint density at radius 1 is 0.857 bits per heavy atom. The lowest BCUT2D eigenvalue weighted by Gasteiger charge is -2.40. The predicted molar refractivity (Wildman–Crippen MR) is 143 cm³/mol. The molecular formula is C30H43N3O2. The van der Waals surface area contributed by atoms with Gasteiger partial charge in [0, 0.05) is 25.2 Å². The van der Waals surface area contributed by atoms with Crippen LogP contribution in [-0.2, 0) is 13.1 Å². The number of hydrogen-bond acceptors (Lipinski definition) is 5. The second-order valence-electron chi connectivity index (χ2n) is 10.7. The monoisotopic (exact) mass is 477 g/mol. The fourth-order valence-corrected chi connectivity index (χ4v) is 5.71. The Bertz CT molecular complexity index is 898. The average Bonchev–Trinajstić information content (AvgIpc) is 2.88. The van der Waals surface area contributed by atoms with Crippen LogP contribution in [0.4, 0.5) is 0 Å². The van der Waals surface area contributed by atoms with E-state index in [1.54, 1.807) is 0 Å². The molecule has 0 aromatic heterocycles. The highest BCUT2D eigenvalue weighted by molar-refractivity contribution is 5.74. The molecule has 0 bridgehead atoms. The minimum Gasteiger partial charge on any atom is -0.494 e. The molecule has 0 N–H and O–H groups in total. The van der Waals surface area contributed by atoms with E-state index in [2.05, 4.69) is 59.1 Å². The number of piperidine rings is 2. The third kappa shape index (κ3) is 8.16. The molecule has 2 aromatic rings. The summed E-state index contributed by atoms with van der Waals surface area (Å²) in [7, 11) is 4.19. The van der Waals surface area contributed by atoms with Gasteiger partial charge in [-0.1, -0.05) is 30.3 Å². The third-order valence-electron chi connectivity index (χ3n) is 7.77. The van der Waals surface area contributed by atoms with Gasteiger partial charge >= 0.3 is 0 Å². The summed E-state index contributed by atoms with van der Waals surface area (Å²) in [6, 6.07) is 16.8. The summed E-state index contributed by atoms with van der Waals surface area (Å²) in [6.45, 7) is 8.64. The Morgan fingerprint density at radius 3 is 2.03 bits per heavy atom. The van der Waals surface area contributed by atoms with Gasteiger partial charge in [0.15, 0.2) is 0 Å². The van der Waals surface area contributed by atoms with Gasteiger partial charge in [0.05, 0.1) is 6.61 Å². The molecule has 0 amide bonds. The number of benzene rings is 2. The first-order valence-corrected chi connectivity index (χ1v) is 13.4. The van der Waals surface area contributed by atoms with Crippen molar-refractivity contribution in [3.8, 4) is 5.75 Å². The molecule has 0 atom stereocenters. The van der Waals surface area contributed by atoms with Gasteiger partial charge in [-0.05, 0) is 114 Å². The van der Waals surface area contributed by atoms with E-state index in [4.69, 9.17) is 4.74 Å². The number of carbonyl (C=O) groups excluding carboxylic acids is 1. The molecule has 2 aliphatic rings. The van der Waals surface area contributed by atoms with Gasteiger partial charge < -0.3 is 9.64 Å². The maximum absolute atomic E-state index is 11.0. The summed E-state index contributed by atoms with van der Waals surface area (Å²) in [5.74, 6) is 2.73. The van der Waals surface area contributed by atoms with Crippen LogP contribution in [-0.4, -0.2) is 74.4 Å². The number of nitrogens with zero attached hydrogens (tertiary/aromatic N) is 3. The van der Waals surface area contributed by atoms with Crippen molar-refractivity contribution in [2.45, 2.75) is 45.2 Å². The number of hydrogen-bond donors (Lipinski definition) is 0. The van der Waals surface area contributed by atoms with E-state index in [1.165, 1.54) is 63.0 Å². The molecule has 2 fully saturated rings. The molecule has 2 aliphatic heterocycles. The van der Waals surface area contributed by atoms with Crippen molar-refractivity contribution < 1.29 is 9.53 Å². The minimum absolute atomic E-state index is 0.775. The van der Waals surface area contributed by atoms with Crippen LogP contribution >= 0.6 is 0 Å². The quantitative estimate of drug-likeness (QED) is 0.338. The van der Waals surface area contributed by atoms with E-state index in [0.717, 1.165) is 62.1 Å². The zero-order valence-corrected chi connectivity index (χ0v) is 21.7. The first-order valence-electron chi connectivity index (χ1n) is 13.4. The standard InChI is InChI=1S/C30H43N3O2/c1-31(2)15-4-20-35-30-9-7-25(8-10-30)22-32-16-11-28(12-17-32)29-13-18-33(19-14-29)23-26-5-3-6-27(21-26)24-34/h3,5-10,21,24,28-29H,4,11-20,22-23H2,1-2H3. The van der Waals surface area contributed by atoms with E-state index in [-0.39, 0.29) is 0 Å². The van der Waals surface area contributed by atoms with Crippen LogP contribution < -0.4 is 4.74 Å². The normalized spacial score (nSPS) is 18.7.